The second kappa shape index (κ2) is 6.83. The van der Waals surface area contributed by atoms with Crippen molar-refractivity contribution in [2.24, 2.45) is 5.92 Å². The molecule has 0 aliphatic carbocycles. The average molecular weight is 275 g/mol. The largest absolute Gasteiger partial charge is 0.306 e. The Morgan fingerprint density at radius 3 is 2.75 bits per heavy atom. The Morgan fingerprint density at radius 1 is 1.40 bits per heavy atom. The van der Waals surface area contributed by atoms with E-state index in [1.807, 2.05) is 6.07 Å². The van der Waals surface area contributed by atoms with Gasteiger partial charge in [-0.25, -0.2) is 4.39 Å². The predicted molar refractivity (Wildman–Crippen MR) is 77.7 cm³/mol. The van der Waals surface area contributed by atoms with Gasteiger partial charge in [0, 0.05) is 13.1 Å². The molecule has 1 aromatic carbocycles. The van der Waals surface area contributed by atoms with Crippen LogP contribution in [0.4, 0.5) is 4.39 Å². The van der Waals surface area contributed by atoms with Crippen LogP contribution in [-0.2, 0) is 6.54 Å². The number of nitriles is 1. The van der Waals surface area contributed by atoms with Crippen LogP contribution in [-0.4, -0.2) is 43.5 Å². The molecule has 1 fully saturated rings. The van der Waals surface area contributed by atoms with Gasteiger partial charge < -0.3 is 9.80 Å². The second-order valence-corrected chi connectivity index (χ2v) is 5.87. The molecule has 20 heavy (non-hydrogen) atoms. The SMILES string of the molecule is CN1CCC(CN(C)Cc2ccc(F)c(C#N)c2)CC1. The van der Waals surface area contributed by atoms with Gasteiger partial charge in [0.1, 0.15) is 11.9 Å². The van der Waals surface area contributed by atoms with Crippen molar-refractivity contribution in [3.63, 3.8) is 0 Å². The van der Waals surface area contributed by atoms with Crippen molar-refractivity contribution in [2.75, 3.05) is 33.7 Å². The fourth-order valence-corrected chi connectivity index (χ4v) is 2.82. The van der Waals surface area contributed by atoms with E-state index in [0.29, 0.717) is 0 Å². The number of nitrogens with zero attached hydrogens (tertiary/aromatic N) is 3. The molecule has 1 aliphatic rings. The van der Waals surface area contributed by atoms with Crippen LogP contribution in [0.25, 0.3) is 0 Å². The molecule has 1 aliphatic heterocycles. The van der Waals surface area contributed by atoms with Crippen LogP contribution in [0.5, 0.6) is 0 Å². The molecular formula is C16H22FN3. The predicted octanol–water partition coefficient (Wildman–Crippen LogP) is 2.47. The zero-order valence-corrected chi connectivity index (χ0v) is 12.3. The summed E-state index contributed by atoms with van der Waals surface area (Å²) >= 11 is 0. The standard InChI is InChI=1S/C16H22FN3/c1-19-7-5-13(6-8-19)11-20(2)12-14-3-4-16(17)15(9-14)10-18/h3-4,9,13H,5-8,11-12H2,1-2H3. The van der Waals surface area contributed by atoms with E-state index in [9.17, 15) is 4.39 Å². The molecule has 0 saturated carbocycles. The fourth-order valence-electron chi connectivity index (χ4n) is 2.82. The Bertz CT molecular complexity index is 487. The van der Waals surface area contributed by atoms with E-state index in [-0.39, 0.29) is 5.56 Å². The summed E-state index contributed by atoms with van der Waals surface area (Å²) in [6, 6.07) is 6.70. The molecule has 0 bridgehead atoms. The van der Waals surface area contributed by atoms with Crippen LogP contribution in [0, 0.1) is 23.1 Å². The monoisotopic (exact) mass is 275 g/mol. The van der Waals surface area contributed by atoms with Crippen LogP contribution in [0.15, 0.2) is 18.2 Å². The first-order valence-electron chi connectivity index (χ1n) is 7.14. The van der Waals surface area contributed by atoms with E-state index in [1.54, 1.807) is 12.1 Å². The van der Waals surface area contributed by atoms with Crippen LogP contribution >= 0.6 is 0 Å². The van der Waals surface area contributed by atoms with E-state index >= 15 is 0 Å². The lowest BCUT2D eigenvalue weighted by Gasteiger charge is -2.31. The van der Waals surface area contributed by atoms with Gasteiger partial charge in [0.05, 0.1) is 5.56 Å². The minimum atomic E-state index is -0.436. The molecule has 1 aromatic rings. The van der Waals surface area contributed by atoms with Crippen molar-refractivity contribution in [1.82, 2.24) is 9.80 Å². The zero-order chi connectivity index (χ0) is 14.5. The van der Waals surface area contributed by atoms with Gasteiger partial charge in [-0.1, -0.05) is 6.07 Å². The number of halogens is 1. The maximum absolute atomic E-state index is 13.3. The molecular weight excluding hydrogens is 253 g/mol. The van der Waals surface area contributed by atoms with Gasteiger partial charge in [-0.3, -0.25) is 0 Å². The van der Waals surface area contributed by atoms with Crippen molar-refractivity contribution in [2.45, 2.75) is 19.4 Å². The van der Waals surface area contributed by atoms with Crippen LogP contribution in [0.3, 0.4) is 0 Å². The Kier molecular flexibility index (Phi) is 5.11. The minimum absolute atomic E-state index is 0.134. The highest BCUT2D eigenvalue weighted by Gasteiger charge is 2.18. The van der Waals surface area contributed by atoms with Gasteiger partial charge in [-0.05, 0) is 63.6 Å². The smallest absolute Gasteiger partial charge is 0.140 e. The topological polar surface area (TPSA) is 30.3 Å². The van der Waals surface area contributed by atoms with Crippen LogP contribution in [0.1, 0.15) is 24.0 Å². The molecule has 1 heterocycles. The second-order valence-electron chi connectivity index (χ2n) is 5.87. The summed E-state index contributed by atoms with van der Waals surface area (Å²) in [5.41, 5.74) is 1.13. The Labute approximate surface area is 120 Å². The van der Waals surface area contributed by atoms with Crippen molar-refractivity contribution in [3.05, 3.63) is 35.1 Å². The third-order valence-corrected chi connectivity index (χ3v) is 4.01. The van der Waals surface area contributed by atoms with E-state index in [2.05, 4.69) is 23.9 Å². The Balaban J connectivity index is 1.88. The lowest BCUT2D eigenvalue weighted by Crippen LogP contribution is -2.35. The molecule has 2 rings (SSSR count). The van der Waals surface area contributed by atoms with Crippen molar-refractivity contribution >= 4 is 0 Å². The first kappa shape index (κ1) is 15.0. The lowest BCUT2D eigenvalue weighted by molar-refractivity contribution is 0.173. The summed E-state index contributed by atoms with van der Waals surface area (Å²) in [7, 11) is 4.26. The van der Waals surface area contributed by atoms with Crippen molar-refractivity contribution in [1.29, 1.82) is 5.26 Å². The van der Waals surface area contributed by atoms with E-state index in [1.165, 1.54) is 32.0 Å². The molecule has 0 aromatic heterocycles. The molecule has 0 N–H and O–H groups in total. The molecule has 4 heteroatoms. The summed E-state index contributed by atoms with van der Waals surface area (Å²) < 4.78 is 13.3. The number of piperidine rings is 1. The van der Waals surface area contributed by atoms with E-state index in [0.717, 1.165) is 24.6 Å². The number of hydrogen-bond donors (Lipinski definition) is 0. The van der Waals surface area contributed by atoms with Crippen molar-refractivity contribution < 1.29 is 4.39 Å². The third-order valence-electron chi connectivity index (χ3n) is 4.01. The molecule has 1 saturated heterocycles. The van der Waals surface area contributed by atoms with Gasteiger partial charge in [0.2, 0.25) is 0 Å². The molecule has 108 valence electrons. The fraction of sp³-hybridized carbons (Fsp3) is 0.562. The number of hydrogen-bond acceptors (Lipinski definition) is 3. The summed E-state index contributed by atoms with van der Waals surface area (Å²) in [6.45, 7) is 4.18. The third kappa shape index (κ3) is 4.03. The molecule has 0 spiro atoms. The summed E-state index contributed by atoms with van der Waals surface area (Å²) in [5.74, 6) is 0.307. The molecule has 0 atom stereocenters. The van der Waals surface area contributed by atoms with Gasteiger partial charge in [0.25, 0.3) is 0 Å². The van der Waals surface area contributed by atoms with Crippen molar-refractivity contribution in [3.8, 4) is 6.07 Å². The highest BCUT2D eigenvalue weighted by atomic mass is 19.1. The zero-order valence-electron chi connectivity index (χ0n) is 12.3. The molecule has 0 unspecified atom stereocenters. The Morgan fingerprint density at radius 2 is 2.10 bits per heavy atom. The number of rotatable bonds is 4. The maximum Gasteiger partial charge on any atom is 0.140 e. The first-order chi connectivity index (χ1) is 9.58. The summed E-state index contributed by atoms with van der Waals surface area (Å²) in [4.78, 5) is 4.64. The molecule has 3 nitrogen and oxygen atoms in total. The van der Waals surface area contributed by atoms with Crippen LogP contribution in [0.2, 0.25) is 0 Å². The maximum atomic E-state index is 13.3. The highest BCUT2D eigenvalue weighted by molar-refractivity contribution is 5.34. The van der Waals surface area contributed by atoms with E-state index < -0.39 is 5.82 Å². The quantitative estimate of drug-likeness (QED) is 0.845. The van der Waals surface area contributed by atoms with Crippen LogP contribution < -0.4 is 0 Å². The van der Waals surface area contributed by atoms with E-state index in [4.69, 9.17) is 5.26 Å². The number of likely N-dealkylation sites (tertiary alicyclic amines) is 1. The Hall–Kier alpha value is -1.44. The average Bonchev–Trinajstić information content (AvgIpc) is 2.43. The van der Waals surface area contributed by atoms with Gasteiger partial charge in [-0.15, -0.1) is 0 Å². The lowest BCUT2D eigenvalue weighted by atomic mass is 9.96. The normalized spacial score (nSPS) is 17.4. The molecule has 0 amide bonds. The number of benzene rings is 1. The highest BCUT2D eigenvalue weighted by Crippen LogP contribution is 2.18. The van der Waals surface area contributed by atoms with Gasteiger partial charge in [-0.2, -0.15) is 5.26 Å². The van der Waals surface area contributed by atoms with Gasteiger partial charge in [0.15, 0.2) is 0 Å². The minimum Gasteiger partial charge on any atom is -0.306 e. The first-order valence-corrected chi connectivity index (χ1v) is 7.14. The molecule has 0 radical (unpaired) electrons. The summed E-state index contributed by atoms with van der Waals surface area (Å²) in [6.07, 6.45) is 2.49. The van der Waals surface area contributed by atoms with Gasteiger partial charge >= 0.3 is 0 Å². The summed E-state index contributed by atoms with van der Waals surface area (Å²) in [5, 5.41) is 8.85.